The maximum absolute atomic E-state index is 12.9. The molecule has 1 rings (SSSR count). The second-order valence-electron chi connectivity index (χ2n) is 4.58. The molecule has 1 fully saturated rings. The highest BCUT2D eigenvalue weighted by Crippen LogP contribution is 2.37. The molecule has 1 atom stereocenters. The number of amides is 1. The lowest BCUT2D eigenvalue weighted by Crippen LogP contribution is -2.43. The maximum atomic E-state index is 12.9. The number of halogens is 2. The van der Waals surface area contributed by atoms with Gasteiger partial charge in [-0.15, -0.1) is 0 Å². The molecule has 1 amide bonds. The van der Waals surface area contributed by atoms with Gasteiger partial charge in [-0.3, -0.25) is 4.79 Å². The summed E-state index contributed by atoms with van der Waals surface area (Å²) in [6.07, 6.45) is 0.885. The summed E-state index contributed by atoms with van der Waals surface area (Å²) in [6.45, 7) is 2.16. The maximum Gasteiger partial charge on any atom is 0.248 e. The number of nitrogens with one attached hydrogen (secondary N) is 2. The molecule has 16 heavy (non-hydrogen) atoms. The third-order valence-electron chi connectivity index (χ3n) is 3.19. The highest BCUT2D eigenvalue weighted by Gasteiger charge is 2.36. The number of carbonyl (C=O) groups excluding carboxylic acids is 1. The van der Waals surface area contributed by atoms with E-state index in [2.05, 4.69) is 10.6 Å². The Kier molecular flexibility index (Phi) is 4.65. The number of hydrogen-bond donors (Lipinski definition) is 2. The van der Waals surface area contributed by atoms with Gasteiger partial charge in [-0.05, 0) is 32.7 Å². The second kappa shape index (κ2) is 5.57. The standard InChI is InChI=1S/C11H20F2N2O/c1-8(15-10(16)7-14-2)9-3-5-11(12,13)6-4-9/h8-9,14H,3-7H2,1-2H3,(H,15,16). The Morgan fingerprint density at radius 2 is 2.00 bits per heavy atom. The molecule has 0 radical (unpaired) electrons. The molecule has 0 saturated heterocycles. The monoisotopic (exact) mass is 234 g/mol. The summed E-state index contributed by atoms with van der Waals surface area (Å²) in [5.74, 6) is -2.39. The van der Waals surface area contributed by atoms with E-state index < -0.39 is 5.92 Å². The third kappa shape index (κ3) is 4.04. The van der Waals surface area contributed by atoms with Crippen LogP contribution < -0.4 is 10.6 Å². The SMILES string of the molecule is CNCC(=O)NC(C)C1CCC(F)(F)CC1. The molecule has 1 aliphatic rings. The molecule has 0 spiro atoms. The number of hydrogen-bond acceptors (Lipinski definition) is 2. The molecule has 94 valence electrons. The summed E-state index contributed by atoms with van der Waals surface area (Å²) in [4.78, 5) is 11.3. The van der Waals surface area contributed by atoms with E-state index >= 15 is 0 Å². The van der Waals surface area contributed by atoms with E-state index in [1.807, 2.05) is 6.92 Å². The fourth-order valence-electron chi connectivity index (χ4n) is 2.15. The summed E-state index contributed by atoms with van der Waals surface area (Å²) < 4.78 is 25.9. The molecular formula is C11H20F2N2O. The van der Waals surface area contributed by atoms with Crippen molar-refractivity contribution in [2.24, 2.45) is 5.92 Å². The predicted molar refractivity (Wildman–Crippen MR) is 58.4 cm³/mol. The first-order valence-electron chi connectivity index (χ1n) is 5.76. The van der Waals surface area contributed by atoms with Crippen LogP contribution in [0.3, 0.4) is 0 Å². The number of carbonyl (C=O) groups is 1. The highest BCUT2D eigenvalue weighted by atomic mass is 19.3. The van der Waals surface area contributed by atoms with Crippen molar-refractivity contribution in [3.8, 4) is 0 Å². The zero-order valence-corrected chi connectivity index (χ0v) is 9.85. The van der Waals surface area contributed by atoms with Crippen LogP contribution in [-0.2, 0) is 4.79 Å². The normalized spacial score (nSPS) is 22.8. The Bertz CT molecular complexity index is 236. The molecule has 0 heterocycles. The van der Waals surface area contributed by atoms with Crippen LogP contribution in [0.25, 0.3) is 0 Å². The number of likely N-dealkylation sites (N-methyl/N-ethyl adjacent to an activating group) is 1. The molecule has 0 aromatic heterocycles. The Labute approximate surface area is 95.0 Å². The lowest BCUT2D eigenvalue weighted by atomic mass is 9.82. The van der Waals surface area contributed by atoms with Crippen LogP contribution in [0.15, 0.2) is 0 Å². The number of rotatable bonds is 4. The first-order chi connectivity index (χ1) is 7.44. The minimum absolute atomic E-state index is 0.0167. The summed E-state index contributed by atoms with van der Waals surface area (Å²) in [6, 6.07) is -0.0167. The van der Waals surface area contributed by atoms with E-state index in [0.29, 0.717) is 12.8 Å². The van der Waals surface area contributed by atoms with E-state index in [4.69, 9.17) is 0 Å². The fraction of sp³-hybridized carbons (Fsp3) is 0.909. The van der Waals surface area contributed by atoms with E-state index in [0.717, 1.165) is 0 Å². The molecule has 0 bridgehead atoms. The Hall–Kier alpha value is -0.710. The van der Waals surface area contributed by atoms with E-state index in [-0.39, 0.29) is 37.3 Å². The number of alkyl halides is 2. The molecule has 1 unspecified atom stereocenters. The molecule has 5 heteroatoms. The van der Waals surface area contributed by atoms with Crippen LogP contribution >= 0.6 is 0 Å². The van der Waals surface area contributed by atoms with Gasteiger partial charge in [-0.1, -0.05) is 0 Å². The van der Waals surface area contributed by atoms with Crippen LogP contribution in [0.1, 0.15) is 32.6 Å². The van der Waals surface area contributed by atoms with Crippen molar-refractivity contribution < 1.29 is 13.6 Å². The first-order valence-corrected chi connectivity index (χ1v) is 5.76. The molecule has 0 aromatic carbocycles. The smallest absolute Gasteiger partial charge is 0.248 e. The Morgan fingerprint density at radius 1 is 1.44 bits per heavy atom. The molecular weight excluding hydrogens is 214 g/mol. The van der Waals surface area contributed by atoms with Crippen molar-refractivity contribution in [1.29, 1.82) is 0 Å². The molecule has 0 aliphatic heterocycles. The lowest BCUT2D eigenvalue weighted by Gasteiger charge is -2.32. The van der Waals surface area contributed by atoms with Gasteiger partial charge in [0, 0.05) is 18.9 Å². The summed E-state index contributed by atoms with van der Waals surface area (Å²) >= 11 is 0. The average Bonchev–Trinajstić information content (AvgIpc) is 2.17. The van der Waals surface area contributed by atoms with Gasteiger partial charge >= 0.3 is 0 Å². The molecule has 1 saturated carbocycles. The minimum Gasteiger partial charge on any atom is -0.352 e. The Balaban J connectivity index is 2.33. The van der Waals surface area contributed by atoms with E-state index in [1.54, 1.807) is 7.05 Å². The minimum atomic E-state index is -2.49. The van der Waals surface area contributed by atoms with Gasteiger partial charge in [-0.2, -0.15) is 0 Å². The fourth-order valence-corrected chi connectivity index (χ4v) is 2.15. The van der Waals surface area contributed by atoms with Gasteiger partial charge in [0.2, 0.25) is 11.8 Å². The van der Waals surface area contributed by atoms with E-state index in [1.165, 1.54) is 0 Å². The third-order valence-corrected chi connectivity index (χ3v) is 3.19. The largest absolute Gasteiger partial charge is 0.352 e. The van der Waals surface area contributed by atoms with Gasteiger partial charge in [0.25, 0.3) is 0 Å². The molecule has 2 N–H and O–H groups in total. The highest BCUT2D eigenvalue weighted by molar-refractivity contribution is 5.78. The lowest BCUT2D eigenvalue weighted by molar-refractivity contribution is -0.121. The Morgan fingerprint density at radius 3 is 2.50 bits per heavy atom. The molecule has 0 aromatic rings. The topological polar surface area (TPSA) is 41.1 Å². The van der Waals surface area contributed by atoms with Crippen molar-refractivity contribution in [3.05, 3.63) is 0 Å². The first kappa shape index (κ1) is 13.4. The van der Waals surface area contributed by atoms with Crippen molar-refractivity contribution >= 4 is 5.91 Å². The van der Waals surface area contributed by atoms with Crippen molar-refractivity contribution in [3.63, 3.8) is 0 Å². The zero-order valence-electron chi connectivity index (χ0n) is 9.85. The summed E-state index contributed by atoms with van der Waals surface area (Å²) in [5.41, 5.74) is 0. The van der Waals surface area contributed by atoms with Crippen molar-refractivity contribution in [1.82, 2.24) is 10.6 Å². The summed E-state index contributed by atoms with van der Waals surface area (Å²) in [5, 5.41) is 5.59. The van der Waals surface area contributed by atoms with Crippen LogP contribution in [0, 0.1) is 5.92 Å². The van der Waals surface area contributed by atoms with Crippen molar-refractivity contribution in [2.45, 2.75) is 44.6 Å². The second-order valence-corrected chi connectivity index (χ2v) is 4.58. The van der Waals surface area contributed by atoms with Gasteiger partial charge < -0.3 is 10.6 Å². The van der Waals surface area contributed by atoms with Crippen molar-refractivity contribution in [2.75, 3.05) is 13.6 Å². The quantitative estimate of drug-likeness (QED) is 0.774. The van der Waals surface area contributed by atoms with E-state index in [9.17, 15) is 13.6 Å². The predicted octanol–water partition coefficient (Wildman–Crippen LogP) is 1.54. The zero-order chi connectivity index (χ0) is 12.2. The van der Waals surface area contributed by atoms with Gasteiger partial charge in [0.1, 0.15) is 0 Å². The van der Waals surface area contributed by atoms with Crippen LogP contribution in [0.2, 0.25) is 0 Å². The van der Waals surface area contributed by atoms with Gasteiger partial charge in [-0.25, -0.2) is 8.78 Å². The molecule has 3 nitrogen and oxygen atoms in total. The van der Waals surface area contributed by atoms with Crippen LogP contribution in [0.5, 0.6) is 0 Å². The summed E-state index contributed by atoms with van der Waals surface area (Å²) in [7, 11) is 1.70. The molecule has 1 aliphatic carbocycles. The van der Waals surface area contributed by atoms with Gasteiger partial charge in [0.15, 0.2) is 0 Å². The van der Waals surface area contributed by atoms with Gasteiger partial charge in [0.05, 0.1) is 6.54 Å². The van der Waals surface area contributed by atoms with Crippen LogP contribution in [-0.4, -0.2) is 31.5 Å². The van der Waals surface area contributed by atoms with Crippen LogP contribution in [0.4, 0.5) is 8.78 Å². The average molecular weight is 234 g/mol.